The molecule has 0 aliphatic heterocycles. The lowest BCUT2D eigenvalue weighted by atomic mass is 10.4. The Balaban J connectivity index is 2.34. The number of amides is 1. The third-order valence-electron chi connectivity index (χ3n) is 1.95. The van der Waals surface area contributed by atoms with E-state index < -0.39 is 0 Å². The fourth-order valence-electron chi connectivity index (χ4n) is 1.13. The lowest BCUT2D eigenvalue weighted by molar-refractivity contribution is -0.132. The Morgan fingerprint density at radius 3 is 2.79 bits per heavy atom. The summed E-state index contributed by atoms with van der Waals surface area (Å²) in [4.78, 5) is 13.2. The largest absolute Gasteiger partial charge is 0.480 e. The SMILES string of the molecule is CCN(CC)C(=O)COc1cn[nH]c1. The minimum absolute atomic E-state index is 0.00352. The van der Waals surface area contributed by atoms with Crippen LogP contribution in [0, 0.1) is 0 Å². The van der Waals surface area contributed by atoms with E-state index in [0.717, 1.165) is 0 Å². The number of carbonyl (C=O) groups is 1. The van der Waals surface area contributed by atoms with Crippen molar-refractivity contribution in [2.75, 3.05) is 19.7 Å². The lowest BCUT2D eigenvalue weighted by Gasteiger charge is -2.18. The van der Waals surface area contributed by atoms with Gasteiger partial charge in [0, 0.05) is 13.1 Å². The molecule has 1 amide bonds. The number of rotatable bonds is 5. The summed E-state index contributed by atoms with van der Waals surface area (Å²) in [5.41, 5.74) is 0. The van der Waals surface area contributed by atoms with Crippen LogP contribution in [0.15, 0.2) is 12.4 Å². The lowest BCUT2D eigenvalue weighted by Crippen LogP contribution is -2.34. The van der Waals surface area contributed by atoms with Gasteiger partial charge in [-0.3, -0.25) is 9.89 Å². The predicted octanol–water partition coefficient (Wildman–Crippen LogP) is 0.657. The molecule has 0 aromatic carbocycles. The molecule has 1 N–H and O–H groups in total. The highest BCUT2D eigenvalue weighted by atomic mass is 16.5. The zero-order valence-electron chi connectivity index (χ0n) is 8.49. The van der Waals surface area contributed by atoms with Crippen molar-refractivity contribution in [3.05, 3.63) is 12.4 Å². The fraction of sp³-hybridized carbons (Fsp3) is 0.556. The van der Waals surface area contributed by atoms with E-state index in [1.54, 1.807) is 11.1 Å². The molecule has 0 radical (unpaired) electrons. The van der Waals surface area contributed by atoms with Crippen LogP contribution in [-0.4, -0.2) is 40.7 Å². The Labute approximate surface area is 83.1 Å². The van der Waals surface area contributed by atoms with Gasteiger partial charge in [-0.1, -0.05) is 0 Å². The molecule has 0 aliphatic carbocycles. The monoisotopic (exact) mass is 197 g/mol. The Morgan fingerprint density at radius 2 is 2.29 bits per heavy atom. The van der Waals surface area contributed by atoms with E-state index in [1.807, 2.05) is 13.8 Å². The molecule has 0 bridgehead atoms. The second kappa shape index (κ2) is 5.26. The maximum Gasteiger partial charge on any atom is 0.260 e. The fourth-order valence-corrected chi connectivity index (χ4v) is 1.13. The van der Waals surface area contributed by atoms with Crippen molar-refractivity contribution in [2.45, 2.75) is 13.8 Å². The normalized spacial score (nSPS) is 9.86. The molecule has 0 spiro atoms. The van der Waals surface area contributed by atoms with Gasteiger partial charge in [-0.15, -0.1) is 0 Å². The standard InChI is InChI=1S/C9H15N3O2/c1-3-12(4-2)9(13)7-14-8-5-10-11-6-8/h5-6H,3-4,7H2,1-2H3,(H,10,11). The molecule has 0 aliphatic rings. The third-order valence-corrected chi connectivity index (χ3v) is 1.95. The minimum Gasteiger partial charge on any atom is -0.480 e. The van der Waals surface area contributed by atoms with Gasteiger partial charge < -0.3 is 9.64 Å². The van der Waals surface area contributed by atoms with Crippen LogP contribution in [0.5, 0.6) is 5.75 Å². The number of hydrogen-bond donors (Lipinski definition) is 1. The number of hydrogen-bond acceptors (Lipinski definition) is 3. The molecular formula is C9H15N3O2. The summed E-state index contributed by atoms with van der Waals surface area (Å²) in [6.07, 6.45) is 3.14. The van der Waals surface area contributed by atoms with Crippen molar-refractivity contribution in [3.63, 3.8) is 0 Å². The number of ether oxygens (including phenoxy) is 1. The van der Waals surface area contributed by atoms with Crippen LogP contribution in [0.2, 0.25) is 0 Å². The van der Waals surface area contributed by atoms with E-state index in [9.17, 15) is 4.79 Å². The minimum atomic E-state index is -0.00352. The highest BCUT2D eigenvalue weighted by Crippen LogP contribution is 2.04. The summed E-state index contributed by atoms with van der Waals surface area (Å²) in [6.45, 7) is 5.38. The van der Waals surface area contributed by atoms with Crippen LogP contribution >= 0.6 is 0 Å². The van der Waals surface area contributed by atoms with Crippen molar-refractivity contribution < 1.29 is 9.53 Å². The van der Waals surface area contributed by atoms with Gasteiger partial charge in [0.1, 0.15) is 0 Å². The number of nitrogens with zero attached hydrogens (tertiary/aromatic N) is 2. The topological polar surface area (TPSA) is 58.2 Å². The Bertz CT molecular complexity index is 268. The van der Waals surface area contributed by atoms with Gasteiger partial charge in [0.05, 0.1) is 12.4 Å². The van der Waals surface area contributed by atoms with Crippen molar-refractivity contribution in [3.8, 4) is 5.75 Å². The Morgan fingerprint density at radius 1 is 1.57 bits per heavy atom. The van der Waals surface area contributed by atoms with Crippen LogP contribution in [0.4, 0.5) is 0 Å². The van der Waals surface area contributed by atoms with E-state index in [-0.39, 0.29) is 12.5 Å². The van der Waals surface area contributed by atoms with E-state index in [2.05, 4.69) is 10.2 Å². The van der Waals surface area contributed by atoms with Crippen LogP contribution in [0.25, 0.3) is 0 Å². The summed E-state index contributed by atoms with van der Waals surface area (Å²) >= 11 is 0. The molecule has 5 heteroatoms. The summed E-state index contributed by atoms with van der Waals surface area (Å²) in [7, 11) is 0. The number of nitrogens with one attached hydrogen (secondary N) is 1. The quantitative estimate of drug-likeness (QED) is 0.754. The summed E-state index contributed by atoms with van der Waals surface area (Å²) in [5.74, 6) is 0.585. The third kappa shape index (κ3) is 2.76. The molecule has 1 aromatic heterocycles. The van der Waals surface area contributed by atoms with Crippen molar-refractivity contribution in [1.29, 1.82) is 0 Å². The molecule has 14 heavy (non-hydrogen) atoms. The van der Waals surface area contributed by atoms with Crippen LogP contribution in [-0.2, 0) is 4.79 Å². The summed E-state index contributed by atoms with van der Waals surface area (Å²) in [5, 5.41) is 6.32. The molecule has 1 heterocycles. The van der Waals surface area contributed by atoms with Gasteiger partial charge in [0.25, 0.3) is 5.91 Å². The molecule has 1 aromatic rings. The van der Waals surface area contributed by atoms with E-state index in [0.29, 0.717) is 18.8 Å². The van der Waals surface area contributed by atoms with Gasteiger partial charge in [-0.25, -0.2) is 0 Å². The number of carbonyl (C=O) groups excluding carboxylic acids is 1. The molecule has 0 fully saturated rings. The zero-order valence-corrected chi connectivity index (χ0v) is 8.49. The number of likely N-dealkylation sites (N-methyl/N-ethyl adjacent to an activating group) is 1. The summed E-state index contributed by atoms with van der Waals surface area (Å²) in [6, 6.07) is 0. The highest BCUT2D eigenvalue weighted by molar-refractivity contribution is 5.77. The number of aromatic amines is 1. The summed E-state index contributed by atoms with van der Waals surface area (Å²) < 4.78 is 5.21. The first-order valence-corrected chi connectivity index (χ1v) is 4.67. The van der Waals surface area contributed by atoms with E-state index >= 15 is 0 Å². The second-order valence-corrected chi connectivity index (χ2v) is 2.79. The Hall–Kier alpha value is -1.52. The van der Waals surface area contributed by atoms with Crippen molar-refractivity contribution >= 4 is 5.91 Å². The Kier molecular flexibility index (Phi) is 3.97. The zero-order chi connectivity index (χ0) is 10.4. The van der Waals surface area contributed by atoms with Gasteiger partial charge >= 0.3 is 0 Å². The van der Waals surface area contributed by atoms with Gasteiger partial charge in [0.2, 0.25) is 0 Å². The molecule has 0 saturated carbocycles. The average molecular weight is 197 g/mol. The highest BCUT2D eigenvalue weighted by Gasteiger charge is 2.09. The van der Waals surface area contributed by atoms with Crippen LogP contribution in [0.3, 0.4) is 0 Å². The molecule has 0 unspecified atom stereocenters. The first-order chi connectivity index (χ1) is 6.77. The van der Waals surface area contributed by atoms with E-state index in [4.69, 9.17) is 4.74 Å². The number of H-pyrrole nitrogens is 1. The first-order valence-electron chi connectivity index (χ1n) is 4.67. The first kappa shape index (κ1) is 10.6. The average Bonchev–Trinajstić information content (AvgIpc) is 2.69. The molecule has 0 atom stereocenters. The van der Waals surface area contributed by atoms with E-state index in [1.165, 1.54) is 6.20 Å². The van der Waals surface area contributed by atoms with Crippen molar-refractivity contribution in [1.82, 2.24) is 15.1 Å². The molecule has 1 rings (SSSR count). The van der Waals surface area contributed by atoms with Crippen molar-refractivity contribution in [2.24, 2.45) is 0 Å². The predicted molar refractivity (Wildman–Crippen MR) is 52.0 cm³/mol. The molecule has 78 valence electrons. The van der Waals surface area contributed by atoms with Crippen LogP contribution in [0.1, 0.15) is 13.8 Å². The molecule has 5 nitrogen and oxygen atoms in total. The van der Waals surface area contributed by atoms with Gasteiger partial charge in [0.15, 0.2) is 12.4 Å². The van der Waals surface area contributed by atoms with Gasteiger partial charge in [-0.2, -0.15) is 5.10 Å². The smallest absolute Gasteiger partial charge is 0.260 e. The maximum absolute atomic E-state index is 11.5. The number of aromatic nitrogens is 2. The van der Waals surface area contributed by atoms with Gasteiger partial charge in [-0.05, 0) is 13.8 Å². The molecular weight excluding hydrogens is 182 g/mol. The molecule has 0 saturated heterocycles. The van der Waals surface area contributed by atoms with Crippen LogP contribution < -0.4 is 4.74 Å². The maximum atomic E-state index is 11.5. The second-order valence-electron chi connectivity index (χ2n) is 2.79.